The second-order valence-electron chi connectivity index (χ2n) is 11.6. The number of benzene rings is 1. The fraction of sp³-hybridized carbons (Fsp3) is 0.312. The molecule has 49 heavy (non-hydrogen) atoms. The maximum Gasteiger partial charge on any atom is 0.328 e. The minimum atomic E-state index is -4.59. The van der Waals surface area contributed by atoms with Gasteiger partial charge >= 0.3 is 17.9 Å². The molecule has 0 spiro atoms. The number of carboxylic acid groups (broad SMARTS) is 3. The normalized spacial score (nSPS) is 22.1. The number of pyridine rings is 2. The van der Waals surface area contributed by atoms with Gasteiger partial charge in [0.05, 0.1) is 12.8 Å². The summed E-state index contributed by atoms with van der Waals surface area (Å²) < 4.78 is 34.5. The molecule has 2 aromatic heterocycles. The van der Waals surface area contributed by atoms with Crippen LogP contribution in [0.4, 0.5) is 5.69 Å². The number of hydrogen-bond acceptors (Lipinski definition) is 12. The summed E-state index contributed by atoms with van der Waals surface area (Å²) in [6.45, 7) is 3.23. The van der Waals surface area contributed by atoms with E-state index in [1.165, 1.54) is 41.7 Å². The summed E-state index contributed by atoms with van der Waals surface area (Å²) in [6.07, 6.45) is 3.55. The van der Waals surface area contributed by atoms with Crippen LogP contribution in [0.25, 0.3) is 0 Å². The number of anilines is 1. The minimum absolute atomic E-state index is 0.00961. The molecule has 1 saturated heterocycles. The lowest BCUT2D eigenvalue weighted by Crippen LogP contribution is -2.60. The number of amides is 1. The fourth-order valence-electron chi connectivity index (χ4n) is 6.16. The van der Waals surface area contributed by atoms with E-state index in [-0.39, 0.29) is 34.3 Å². The summed E-state index contributed by atoms with van der Waals surface area (Å²) in [4.78, 5) is 54.8. The van der Waals surface area contributed by atoms with Crippen molar-refractivity contribution in [2.75, 3.05) is 32.1 Å². The summed E-state index contributed by atoms with van der Waals surface area (Å²) in [5.74, 6) is -4.71. The van der Waals surface area contributed by atoms with E-state index in [9.17, 15) is 37.8 Å². The Morgan fingerprint density at radius 1 is 0.980 bits per heavy atom. The van der Waals surface area contributed by atoms with Gasteiger partial charge in [-0.05, 0) is 37.6 Å². The monoisotopic (exact) mass is 697 g/mol. The van der Waals surface area contributed by atoms with Crippen LogP contribution in [0.15, 0.2) is 72.0 Å². The van der Waals surface area contributed by atoms with Crippen LogP contribution in [0.5, 0.6) is 5.88 Å². The number of ether oxygens (including phenoxy) is 1. The SMILES string of the molecule is COc1ncccc1C1([C@]2(O)C[C@@H](C(=O)O)N(N(C)C)C2)C(=O)N(S(=O)(=O)c2ccc(C)cn2)c2ccc(C)cc21.O=C(O)/C=C/C(=O)O. The fourth-order valence-corrected chi connectivity index (χ4v) is 7.55. The van der Waals surface area contributed by atoms with Gasteiger partial charge in [0.15, 0.2) is 5.03 Å². The van der Waals surface area contributed by atoms with Gasteiger partial charge in [-0.25, -0.2) is 33.9 Å². The van der Waals surface area contributed by atoms with Gasteiger partial charge in [0.25, 0.3) is 15.9 Å². The third kappa shape index (κ3) is 6.48. The maximum absolute atomic E-state index is 15.0. The number of hydrogen-bond donors (Lipinski definition) is 4. The number of aromatic nitrogens is 2. The number of carbonyl (C=O) groups excluding carboxylic acids is 1. The van der Waals surface area contributed by atoms with Crippen LogP contribution < -0.4 is 9.04 Å². The summed E-state index contributed by atoms with van der Waals surface area (Å²) in [6, 6.07) is 9.60. The highest BCUT2D eigenvalue weighted by Gasteiger charge is 2.70. The second kappa shape index (κ2) is 13.7. The van der Waals surface area contributed by atoms with E-state index >= 15 is 0 Å². The van der Waals surface area contributed by atoms with Gasteiger partial charge in [-0.2, -0.15) is 8.42 Å². The first kappa shape index (κ1) is 36.6. The molecule has 2 aliphatic rings. The zero-order valence-electron chi connectivity index (χ0n) is 27.1. The molecular formula is C32H35N5O11S. The number of carboxylic acids is 3. The Labute approximate surface area is 281 Å². The molecule has 4 heterocycles. The Morgan fingerprint density at radius 2 is 1.61 bits per heavy atom. The first-order valence-corrected chi connectivity index (χ1v) is 16.0. The molecule has 0 saturated carbocycles. The van der Waals surface area contributed by atoms with Gasteiger partial charge in [0.1, 0.15) is 17.1 Å². The summed E-state index contributed by atoms with van der Waals surface area (Å²) in [5, 5.41) is 41.0. The molecule has 17 heteroatoms. The number of sulfonamides is 1. The van der Waals surface area contributed by atoms with Gasteiger partial charge in [-0.1, -0.05) is 29.8 Å². The number of β-amino-alcohol motifs (C(OH)–C–C–N with tert-alkyl or cyclic N) is 1. The smallest absolute Gasteiger partial charge is 0.328 e. The van der Waals surface area contributed by atoms with Crippen LogP contribution in [0.1, 0.15) is 28.7 Å². The second-order valence-corrected chi connectivity index (χ2v) is 13.4. The van der Waals surface area contributed by atoms with E-state index in [0.717, 1.165) is 5.56 Å². The lowest BCUT2D eigenvalue weighted by atomic mass is 9.62. The van der Waals surface area contributed by atoms with Crippen LogP contribution in [0.3, 0.4) is 0 Å². The van der Waals surface area contributed by atoms with E-state index in [1.54, 1.807) is 58.3 Å². The van der Waals surface area contributed by atoms with Crippen molar-refractivity contribution in [2.24, 2.45) is 0 Å². The number of aliphatic hydroxyl groups is 1. The largest absolute Gasteiger partial charge is 0.481 e. The summed E-state index contributed by atoms with van der Waals surface area (Å²) >= 11 is 0. The van der Waals surface area contributed by atoms with Crippen molar-refractivity contribution in [3.63, 3.8) is 0 Å². The van der Waals surface area contributed by atoms with Crippen LogP contribution in [0, 0.1) is 13.8 Å². The predicted octanol–water partition coefficient (Wildman–Crippen LogP) is 1.20. The first-order valence-electron chi connectivity index (χ1n) is 14.6. The summed E-state index contributed by atoms with van der Waals surface area (Å²) in [7, 11) is 0.0320. The van der Waals surface area contributed by atoms with Crippen molar-refractivity contribution in [3.05, 3.63) is 89.3 Å². The highest BCUT2D eigenvalue weighted by atomic mass is 32.2. The molecule has 3 aromatic rings. The van der Waals surface area contributed by atoms with Crippen molar-refractivity contribution in [3.8, 4) is 5.88 Å². The molecule has 1 amide bonds. The van der Waals surface area contributed by atoms with Gasteiger partial charge < -0.3 is 25.2 Å². The topological polar surface area (TPSA) is 228 Å². The molecule has 0 radical (unpaired) electrons. The lowest BCUT2D eigenvalue weighted by Gasteiger charge is -2.42. The highest BCUT2D eigenvalue weighted by molar-refractivity contribution is 7.93. The van der Waals surface area contributed by atoms with Crippen LogP contribution >= 0.6 is 0 Å². The molecule has 0 bridgehead atoms. The number of fused-ring (bicyclic) bond motifs is 1. The number of carbonyl (C=O) groups is 4. The maximum atomic E-state index is 15.0. The molecular weight excluding hydrogens is 662 g/mol. The van der Waals surface area contributed by atoms with Crippen LogP contribution in [-0.4, -0.2) is 112 Å². The number of aryl methyl sites for hydroxylation is 2. The molecule has 260 valence electrons. The van der Waals surface area contributed by atoms with Crippen molar-refractivity contribution < 1.29 is 52.8 Å². The van der Waals surface area contributed by atoms with Gasteiger partial charge in [-0.15, -0.1) is 0 Å². The van der Waals surface area contributed by atoms with Gasteiger partial charge in [0.2, 0.25) is 5.88 Å². The average molecular weight is 698 g/mol. The zero-order chi connectivity index (χ0) is 36.5. The van der Waals surface area contributed by atoms with Crippen molar-refractivity contribution >= 4 is 39.5 Å². The minimum Gasteiger partial charge on any atom is -0.481 e. The molecule has 16 nitrogen and oxygen atoms in total. The Morgan fingerprint density at radius 3 is 2.12 bits per heavy atom. The number of methoxy groups -OCH3 is 1. The molecule has 0 aliphatic carbocycles. The van der Waals surface area contributed by atoms with Crippen LogP contribution in [0.2, 0.25) is 0 Å². The van der Waals surface area contributed by atoms with Crippen molar-refractivity contribution in [2.45, 2.75) is 42.4 Å². The van der Waals surface area contributed by atoms with E-state index in [4.69, 9.17) is 14.9 Å². The standard InChI is InChI=1S/C28H31N5O7S.C4H4O4/c1-17-8-10-21-20(13-17)28(19-7-6-12-29-24(19)40-5,27(37)14-22(25(34)35)32(16-27)31(3)4)26(36)33(21)41(38,39)23-11-9-18(2)15-30-23;5-3(6)1-2-4(7)8/h6-13,15,22,37H,14,16H2,1-5H3,(H,34,35);1-2H,(H,5,6)(H,7,8)/b;2-1+/t22-,27-,28?;/m0./s1. The first-order chi connectivity index (χ1) is 22.9. The third-order valence-electron chi connectivity index (χ3n) is 8.22. The lowest BCUT2D eigenvalue weighted by molar-refractivity contribution is -0.147. The van der Waals surface area contributed by atoms with Crippen molar-refractivity contribution in [1.29, 1.82) is 0 Å². The predicted molar refractivity (Wildman–Crippen MR) is 172 cm³/mol. The molecule has 1 unspecified atom stereocenters. The average Bonchev–Trinajstić information content (AvgIpc) is 3.54. The number of aliphatic carboxylic acids is 3. The number of nitrogens with zero attached hydrogens (tertiary/aromatic N) is 5. The summed E-state index contributed by atoms with van der Waals surface area (Å²) in [5.41, 5.74) is -2.50. The molecule has 3 atom stereocenters. The van der Waals surface area contributed by atoms with E-state index in [0.29, 0.717) is 22.0 Å². The molecule has 4 N–H and O–H groups in total. The quantitative estimate of drug-likeness (QED) is 0.230. The van der Waals surface area contributed by atoms with Crippen molar-refractivity contribution in [1.82, 2.24) is 20.0 Å². The molecule has 5 rings (SSSR count). The third-order valence-corrected chi connectivity index (χ3v) is 9.83. The number of rotatable bonds is 9. The Kier molecular flexibility index (Phi) is 10.2. The van der Waals surface area contributed by atoms with E-state index in [2.05, 4.69) is 9.97 Å². The van der Waals surface area contributed by atoms with Gasteiger partial charge in [0, 0.05) is 62.7 Å². The Hall–Kier alpha value is -5.23. The Balaban J connectivity index is 0.000000603. The molecule has 1 aromatic carbocycles. The van der Waals surface area contributed by atoms with E-state index < -0.39 is 57.3 Å². The number of hydrazine groups is 1. The molecule has 2 aliphatic heterocycles. The Bertz CT molecular complexity index is 1920. The highest BCUT2D eigenvalue weighted by Crippen LogP contribution is 2.58. The van der Waals surface area contributed by atoms with Gasteiger partial charge in [-0.3, -0.25) is 9.59 Å². The molecule has 1 fully saturated rings. The van der Waals surface area contributed by atoms with Crippen LogP contribution in [-0.2, 0) is 34.6 Å². The van der Waals surface area contributed by atoms with E-state index in [1.807, 2.05) is 0 Å². The zero-order valence-corrected chi connectivity index (χ0v) is 27.9.